The number of likely N-dealkylation sites (tertiary alicyclic amines) is 1. The van der Waals surface area contributed by atoms with E-state index in [1.165, 1.54) is 0 Å². The molecule has 1 aliphatic heterocycles. The molecule has 1 aromatic carbocycles. The fourth-order valence-electron chi connectivity index (χ4n) is 3.74. The van der Waals surface area contributed by atoms with Gasteiger partial charge in [-0.15, -0.1) is 0 Å². The van der Waals surface area contributed by atoms with Gasteiger partial charge in [-0.1, -0.05) is 6.92 Å². The summed E-state index contributed by atoms with van der Waals surface area (Å²) in [5.74, 6) is 2.71. The van der Waals surface area contributed by atoms with Crippen molar-refractivity contribution in [1.82, 2.24) is 15.1 Å². The number of carbonyl (C=O) groups excluding carboxylic acids is 1. The Balaban J connectivity index is 2.02. The fourth-order valence-corrected chi connectivity index (χ4v) is 3.74. The Hall–Kier alpha value is -2.44. The fraction of sp³-hybridized carbons (Fsp3) is 0.636. The predicted molar refractivity (Wildman–Crippen MR) is 117 cm³/mol. The van der Waals surface area contributed by atoms with Gasteiger partial charge in [0.05, 0.1) is 14.2 Å². The highest BCUT2D eigenvalue weighted by Gasteiger charge is 2.26. The SMILES string of the molecule is CCNC(=NCCC(CC)N1CCCC1=O)N(C)Cc1ccc(OC)cc1OC. The molecule has 1 fully saturated rings. The van der Waals surface area contributed by atoms with Crippen LogP contribution in [0, 0.1) is 0 Å². The summed E-state index contributed by atoms with van der Waals surface area (Å²) in [5.41, 5.74) is 1.07. The zero-order valence-corrected chi connectivity index (χ0v) is 18.5. The van der Waals surface area contributed by atoms with Gasteiger partial charge >= 0.3 is 0 Å². The van der Waals surface area contributed by atoms with Crippen molar-refractivity contribution in [3.05, 3.63) is 23.8 Å². The number of hydrogen-bond acceptors (Lipinski definition) is 4. The Bertz CT molecular complexity index is 693. The van der Waals surface area contributed by atoms with Crippen LogP contribution in [0.2, 0.25) is 0 Å². The quantitative estimate of drug-likeness (QED) is 0.480. The molecule has 29 heavy (non-hydrogen) atoms. The van der Waals surface area contributed by atoms with Crippen LogP contribution in [0.15, 0.2) is 23.2 Å². The summed E-state index contributed by atoms with van der Waals surface area (Å²) in [5, 5.41) is 3.36. The molecule has 162 valence electrons. The van der Waals surface area contributed by atoms with Crippen molar-refractivity contribution < 1.29 is 14.3 Å². The van der Waals surface area contributed by atoms with Gasteiger partial charge in [0.25, 0.3) is 0 Å². The lowest BCUT2D eigenvalue weighted by Crippen LogP contribution is -2.39. The maximum Gasteiger partial charge on any atom is 0.222 e. The van der Waals surface area contributed by atoms with Gasteiger partial charge < -0.3 is 24.6 Å². The Labute approximate surface area is 175 Å². The van der Waals surface area contributed by atoms with E-state index in [0.29, 0.717) is 19.5 Å². The van der Waals surface area contributed by atoms with Crippen LogP contribution < -0.4 is 14.8 Å². The minimum atomic E-state index is 0.281. The first-order valence-electron chi connectivity index (χ1n) is 10.5. The van der Waals surface area contributed by atoms with Crippen LogP contribution >= 0.6 is 0 Å². The summed E-state index contributed by atoms with van der Waals surface area (Å²) >= 11 is 0. The average molecular weight is 405 g/mol. The van der Waals surface area contributed by atoms with Crippen molar-refractivity contribution in [2.24, 2.45) is 4.99 Å². The van der Waals surface area contributed by atoms with Crippen molar-refractivity contribution in [2.75, 3.05) is 40.9 Å². The van der Waals surface area contributed by atoms with Gasteiger partial charge in [-0.05, 0) is 38.3 Å². The molecule has 1 atom stereocenters. The molecule has 0 saturated carbocycles. The number of carbonyl (C=O) groups is 1. The third kappa shape index (κ3) is 6.27. The number of nitrogens with one attached hydrogen (secondary N) is 1. The van der Waals surface area contributed by atoms with Crippen molar-refractivity contribution in [1.29, 1.82) is 0 Å². The summed E-state index contributed by atoms with van der Waals surface area (Å²) in [6, 6.07) is 6.13. The molecule has 7 nitrogen and oxygen atoms in total. The number of nitrogens with zero attached hydrogens (tertiary/aromatic N) is 3. The first-order valence-corrected chi connectivity index (χ1v) is 10.5. The molecule has 2 rings (SSSR count). The van der Waals surface area contributed by atoms with E-state index in [2.05, 4.69) is 24.1 Å². The topological polar surface area (TPSA) is 66.4 Å². The lowest BCUT2D eigenvalue weighted by atomic mass is 10.1. The van der Waals surface area contributed by atoms with Crippen LogP contribution in [-0.4, -0.2) is 68.6 Å². The van der Waals surface area contributed by atoms with Gasteiger partial charge in [0, 0.05) is 57.3 Å². The number of methoxy groups -OCH3 is 2. The summed E-state index contributed by atoms with van der Waals surface area (Å²) in [6.07, 6.45) is 3.52. The number of ether oxygens (including phenoxy) is 2. The first-order chi connectivity index (χ1) is 14.0. The van der Waals surface area contributed by atoms with E-state index in [4.69, 9.17) is 14.5 Å². The Morgan fingerprint density at radius 1 is 1.31 bits per heavy atom. The van der Waals surface area contributed by atoms with Crippen LogP contribution in [0.1, 0.15) is 45.1 Å². The van der Waals surface area contributed by atoms with Crippen LogP contribution in [0.25, 0.3) is 0 Å². The van der Waals surface area contributed by atoms with Crippen LogP contribution in [0.5, 0.6) is 11.5 Å². The van der Waals surface area contributed by atoms with Crippen molar-refractivity contribution in [3.8, 4) is 11.5 Å². The lowest BCUT2D eigenvalue weighted by Gasteiger charge is -2.27. The Kier molecular flexibility index (Phi) is 9.09. The number of aliphatic imine (C=N–C) groups is 1. The lowest BCUT2D eigenvalue weighted by molar-refractivity contribution is -0.129. The highest BCUT2D eigenvalue weighted by atomic mass is 16.5. The maximum atomic E-state index is 12.0. The third-order valence-corrected chi connectivity index (χ3v) is 5.34. The second kappa shape index (κ2) is 11.5. The maximum absolute atomic E-state index is 12.0. The van der Waals surface area contributed by atoms with Crippen molar-refractivity contribution in [3.63, 3.8) is 0 Å². The molecule has 0 radical (unpaired) electrons. The third-order valence-electron chi connectivity index (χ3n) is 5.34. The van der Waals surface area contributed by atoms with E-state index in [1.54, 1.807) is 14.2 Å². The van der Waals surface area contributed by atoms with E-state index in [0.717, 1.165) is 55.4 Å². The molecular weight excluding hydrogens is 368 g/mol. The second-order valence-electron chi connectivity index (χ2n) is 7.31. The van der Waals surface area contributed by atoms with Gasteiger partial charge in [-0.25, -0.2) is 0 Å². The summed E-state index contributed by atoms with van der Waals surface area (Å²) in [6.45, 7) is 7.25. The molecule has 7 heteroatoms. The number of rotatable bonds is 10. The van der Waals surface area contributed by atoms with Crippen LogP contribution in [0.3, 0.4) is 0 Å². The van der Waals surface area contributed by atoms with Gasteiger partial charge in [0.15, 0.2) is 5.96 Å². The molecule has 1 heterocycles. The zero-order valence-electron chi connectivity index (χ0n) is 18.5. The second-order valence-corrected chi connectivity index (χ2v) is 7.31. The largest absolute Gasteiger partial charge is 0.497 e. The monoisotopic (exact) mass is 404 g/mol. The van der Waals surface area contributed by atoms with Crippen LogP contribution in [0.4, 0.5) is 0 Å². The van der Waals surface area contributed by atoms with Gasteiger partial charge in [0.2, 0.25) is 5.91 Å². The smallest absolute Gasteiger partial charge is 0.222 e. The molecule has 1 aliphatic rings. The van der Waals surface area contributed by atoms with Gasteiger partial charge in [-0.2, -0.15) is 0 Å². The minimum Gasteiger partial charge on any atom is -0.497 e. The van der Waals surface area contributed by atoms with Gasteiger partial charge in [0.1, 0.15) is 11.5 Å². The Morgan fingerprint density at radius 3 is 2.69 bits per heavy atom. The van der Waals surface area contributed by atoms with Gasteiger partial charge in [-0.3, -0.25) is 9.79 Å². The molecule has 0 bridgehead atoms. The molecule has 0 spiro atoms. The highest BCUT2D eigenvalue weighted by molar-refractivity contribution is 5.80. The van der Waals surface area contributed by atoms with Crippen molar-refractivity contribution in [2.45, 2.75) is 52.1 Å². The molecule has 1 N–H and O–H groups in total. The number of hydrogen-bond donors (Lipinski definition) is 1. The molecule has 1 saturated heterocycles. The van der Waals surface area contributed by atoms with E-state index >= 15 is 0 Å². The van der Waals surface area contributed by atoms with Crippen LogP contribution in [-0.2, 0) is 11.3 Å². The summed E-state index contributed by atoms with van der Waals surface area (Å²) in [7, 11) is 5.34. The van der Waals surface area contributed by atoms with E-state index in [9.17, 15) is 4.79 Å². The zero-order chi connectivity index (χ0) is 21.2. The average Bonchev–Trinajstić information content (AvgIpc) is 3.16. The van der Waals surface area contributed by atoms with E-state index < -0.39 is 0 Å². The predicted octanol–water partition coefficient (Wildman–Crippen LogP) is 2.89. The van der Waals surface area contributed by atoms with E-state index in [-0.39, 0.29) is 11.9 Å². The molecule has 0 aliphatic carbocycles. The normalized spacial score (nSPS) is 15.4. The minimum absolute atomic E-state index is 0.281. The highest BCUT2D eigenvalue weighted by Crippen LogP contribution is 2.25. The number of guanidine groups is 1. The van der Waals surface area contributed by atoms with Crippen molar-refractivity contribution >= 4 is 11.9 Å². The number of amides is 1. The molecule has 1 aromatic rings. The summed E-state index contributed by atoms with van der Waals surface area (Å²) in [4.78, 5) is 21.0. The van der Waals surface area contributed by atoms with E-state index in [1.807, 2.05) is 30.1 Å². The molecule has 1 unspecified atom stereocenters. The number of benzene rings is 1. The molecule has 0 aromatic heterocycles. The Morgan fingerprint density at radius 2 is 2.10 bits per heavy atom. The summed E-state index contributed by atoms with van der Waals surface area (Å²) < 4.78 is 10.8. The first kappa shape index (κ1) is 22.8. The molecule has 1 amide bonds. The standard InChI is InChI=1S/C22H36N4O3/c1-6-18(26-14-8-9-21(26)27)12-13-24-22(23-7-2)25(3)16-17-10-11-19(28-4)15-20(17)29-5/h10-11,15,18H,6-9,12-14,16H2,1-5H3,(H,23,24). The molecular formula is C22H36N4O3.